The van der Waals surface area contributed by atoms with Crippen molar-refractivity contribution in [1.29, 1.82) is 0 Å². The zero-order chi connectivity index (χ0) is 15.9. The van der Waals surface area contributed by atoms with Crippen molar-refractivity contribution >= 4 is 23.0 Å². The lowest BCUT2D eigenvalue weighted by Crippen LogP contribution is -2.52. The number of imidazole rings is 1. The fourth-order valence-electron chi connectivity index (χ4n) is 2.86. The van der Waals surface area contributed by atoms with E-state index in [1.807, 2.05) is 6.92 Å². The highest BCUT2D eigenvalue weighted by atomic mass is 16.2. The molecule has 3 rings (SSSR count). The molecule has 2 atom stereocenters. The van der Waals surface area contributed by atoms with E-state index in [1.54, 1.807) is 6.07 Å². The lowest BCUT2D eigenvalue weighted by molar-refractivity contribution is -0.124. The third-order valence-corrected chi connectivity index (χ3v) is 4.07. The number of amides is 2. The standard InChI is InChI=1S/C14H17N5O3/c1-7-2-3-19(10(4-7)11(15)20)13(21)8-5-9-12(16-6-8)18-14(22)17-9/h5-7,10H,2-4H2,1H3,(H2,15,20)(H2,16,17,18,22). The predicted molar refractivity (Wildman–Crippen MR) is 79.1 cm³/mol. The number of primary amides is 1. The number of hydrogen-bond donors (Lipinski definition) is 3. The molecule has 1 aliphatic heterocycles. The van der Waals surface area contributed by atoms with E-state index in [0.29, 0.717) is 35.6 Å². The number of aromatic amines is 2. The minimum Gasteiger partial charge on any atom is -0.368 e. The molecule has 116 valence electrons. The van der Waals surface area contributed by atoms with E-state index in [2.05, 4.69) is 15.0 Å². The zero-order valence-electron chi connectivity index (χ0n) is 12.1. The molecule has 8 heteroatoms. The number of hydrogen-bond acceptors (Lipinski definition) is 4. The molecule has 0 aliphatic carbocycles. The summed E-state index contributed by atoms with van der Waals surface area (Å²) in [5.74, 6) is -0.445. The number of nitrogens with two attached hydrogens (primary N) is 1. The maximum atomic E-state index is 12.6. The Balaban J connectivity index is 1.93. The Morgan fingerprint density at radius 3 is 2.91 bits per heavy atom. The molecule has 1 saturated heterocycles. The average Bonchev–Trinajstić information content (AvgIpc) is 2.85. The van der Waals surface area contributed by atoms with Crippen molar-refractivity contribution in [3.63, 3.8) is 0 Å². The number of nitrogens with one attached hydrogen (secondary N) is 2. The number of H-pyrrole nitrogens is 2. The van der Waals surface area contributed by atoms with Gasteiger partial charge in [-0.1, -0.05) is 6.92 Å². The predicted octanol–water partition coefficient (Wildman–Crippen LogP) is -0.0228. The van der Waals surface area contributed by atoms with Gasteiger partial charge in [-0.05, 0) is 24.8 Å². The van der Waals surface area contributed by atoms with Crippen LogP contribution in [-0.2, 0) is 4.79 Å². The van der Waals surface area contributed by atoms with Crippen LogP contribution in [0, 0.1) is 5.92 Å². The number of fused-ring (bicyclic) bond motifs is 1. The first-order chi connectivity index (χ1) is 10.5. The van der Waals surface area contributed by atoms with Crippen LogP contribution in [0.25, 0.3) is 11.2 Å². The molecule has 0 saturated carbocycles. The van der Waals surface area contributed by atoms with Gasteiger partial charge in [0.1, 0.15) is 6.04 Å². The van der Waals surface area contributed by atoms with Crippen LogP contribution in [0.3, 0.4) is 0 Å². The van der Waals surface area contributed by atoms with Crippen LogP contribution >= 0.6 is 0 Å². The van der Waals surface area contributed by atoms with Crippen molar-refractivity contribution in [2.45, 2.75) is 25.8 Å². The third kappa shape index (κ3) is 2.47. The van der Waals surface area contributed by atoms with Crippen molar-refractivity contribution in [3.05, 3.63) is 28.3 Å². The number of carbonyl (C=O) groups is 2. The van der Waals surface area contributed by atoms with E-state index < -0.39 is 11.9 Å². The molecule has 8 nitrogen and oxygen atoms in total. The molecule has 1 aliphatic rings. The van der Waals surface area contributed by atoms with E-state index in [4.69, 9.17) is 5.73 Å². The van der Waals surface area contributed by atoms with Gasteiger partial charge < -0.3 is 15.6 Å². The van der Waals surface area contributed by atoms with Gasteiger partial charge in [0.2, 0.25) is 5.91 Å². The van der Waals surface area contributed by atoms with Crippen molar-refractivity contribution in [3.8, 4) is 0 Å². The molecule has 1 fully saturated rings. The number of carbonyl (C=O) groups excluding carboxylic acids is 2. The Bertz CT molecular complexity index is 793. The normalized spacial score (nSPS) is 22.0. The highest BCUT2D eigenvalue weighted by Gasteiger charge is 2.34. The second-order valence-corrected chi connectivity index (χ2v) is 5.75. The Morgan fingerprint density at radius 1 is 1.41 bits per heavy atom. The second-order valence-electron chi connectivity index (χ2n) is 5.75. The summed E-state index contributed by atoms with van der Waals surface area (Å²) in [6.45, 7) is 2.52. The molecule has 4 N–H and O–H groups in total. The zero-order valence-corrected chi connectivity index (χ0v) is 12.1. The fraction of sp³-hybridized carbons (Fsp3) is 0.429. The maximum absolute atomic E-state index is 12.6. The number of aromatic nitrogens is 3. The average molecular weight is 303 g/mol. The molecular formula is C14H17N5O3. The van der Waals surface area contributed by atoms with Crippen LogP contribution in [0.2, 0.25) is 0 Å². The van der Waals surface area contributed by atoms with Crippen LogP contribution in [-0.4, -0.2) is 44.3 Å². The molecule has 2 aromatic rings. The van der Waals surface area contributed by atoms with Gasteiger partial charge >= 0.3 is 5.69 Å². The van der Waals surface area contributed by atoms with Gasteiger partial charge in [0.15, 0.2) is 5.65 Å². The molecule has 3 heterocycles. The smallest absolute Gasteiger partial charge is 0.325 e. The lowest BCUT2D eigenvalue weighted by atomic mass is 9.91. The molecule has 0 spiro atoms. The number of rotatable bonds is 2. The number of pyridine rings is 1. The Kier molecular flexibility index (Phi) is 3.44. The van der Waals surface area contributed by atoms with Crippen molar-refractivity contribution in [2.75, 3.05) is 6.54 Å². The second kappa shape index (κ2) is 5.28. The number of piperidine rings is 1. The van der Waals surface area contributed by atoms with Crippen molar-refractivity contribution < 1.29 is 9.59 Å². The minimum atomic E-state index is -0.600. The third-order valence-electron chi connectivity index (χ3n) is 4.07. The summed E-state index contributed by atoms with van der Waals surface area (Å²) >= 11 is 0. The summed E-state index contributed by atoms with van der Waals surface area (Å²) in [6, 6.07) is 0.954. The first-order valence-electron chi connectivity index (χ1n) is 7.14. The van der Waals surface area contributed by atoms with Crippen LogP contribution in [0.5, 0.6) is 0 Å². The molecule has 0 bridgehead atoms. The number of likely N-dealkylation sites (tertiary alicyclic amines) is 1. The van der Waals surface area contributed by atoms with Crippen molar-refractivity contribution in [2.24, 2.45) is 11.7 Å². The molecular weight excluding hydrogens is 286 g/mol. The van der Waals surface area contributed by atoms with Gasteiger partial charge in [-0.2, -0.15) is 0 Å². The SMILES string of the molecule is CC1CCN(C(=O)c2cnc3[nH]c(=O)[nH]c3c2)C(C(N)=O)C1. The van der Waals surface area contributed by atoms with Crippen molar-refractivity contribution in [1.82, 2.24) is 19.9 Å². The largest absolute Gasteiger partial charge is 0.368 e. The van der Waals surface area contributed by atoms with Crippen LogP contribution < -0.4 is 11.4 Å². The van der Waals surface area contributed by atoms with Crippen LogP contribution in [0.15, 0.2) is 17.1 Å². The highest BCUT2D eigenvalue weighted by molar-refractivity contribution is 5.99. The van der Waals surface area contributed by atoms with E-state index in [0.717, 1.165) is 6.42 Å². The van der Waals surface area contributed by atoms with Gasteiger partial charge in [0.05, 0.1) is 11.1 Å². The van der Waals surface area contributed by atoms with E-state index in [1.165, 1.54) is 11.1 Å². The van der Waals surface area contributed by atoms with E-state index in [-0.39, 0.29) is 11.6 Å². The van der Waals surface area contributed by atoms with Gasteiger partial charge in [0, 0.05) is 12.7 Å². The summed E-state index contributed by atoms with van der Waals surface area (Å²) in [4.78, 5) is 46.1. The first-order valence-corrected chi connectivity index (χ1v) is 7.14. The molecule has 22 heavy (non-hydrogen) atoms. The highest BCUT2D eigenvalue weighted by Crippen LogP contribution is 2.24. The van der Waals surface area contributed by atoms with Crippen LogP contribution in [0.1, 0.15) is 30.1 Å². The van der Waals surface area contributed by atoms with E-state index in [9.17, 15) is 14.4 Å². The van der Waals surface area contributed by atoms with Gasteiger partial charge in [0.25, 0.3) is 5.91 Å². The first kappa shape index (κ1) is 14.3. The topological polar surface area (TPSA) is 125 Å². The van der Waals surface area contributed by atoms with Crippen LogP contribution in [0.4, 0.5) is 0 Å². The summed E-state index contributed by atoms with van der Waals surface area (Å²) in [7, 11) is 0. The molecule has 0 aromatic carbocycles. The molecule has 2 amide bonds. The summed E-state index contributed by atoms with van der Waals surface area (Å²) in [5, 5.41) is 0. The fourth-order valence-corrected chi connectivity index (χ4v) is 2.86. The van der Waals surface area contributed by atoms with Gasteiger partial charge in [-0.15, -0.1) is 0 Å². The Morgan fingerprint density at radius 2 is 2.18 bits per heavy atom. The minimum absolute atomic E-state index is 0.299. The molecule has 2 unspecified atom stereocenters. The lowest BCUT2D eigenvalue weighted by Gasteiger charge is -2.36. The van der Waals surface area contributed by atoms with Gasteiger partial charge in [-0.3, -0.25) is 14.6 Å². The Hall–Kier alpha value is -2.64. The Labute approximate surface area is 125 Å². The van der Waals surface area contributed by atoms with Gasteiger partial charge in [-0.25, -0.2) is 9.78 Å². The molecule has 2 aromatic heterocycles. The van der Waals surface area contributed by atoms with E-state index >= 15 is 0 Å². The summed E-state index contributed by atoms with van der Waals surface area (Å²) in [5.41, 5.74) is 6.22. The monoisotopic (exact) mass is 303 g/mol. The summed E-state index contributed by atoms with van der Waals surface area (Å²) < 4.78 is 0. The maximum Gasteiger partial charge on any atom is 0.325 e. The summed E-state index contributed by atoms with van der Waals surface area (Å²) in [6.07, 6.45) is 2.79. The molecule has 0 radical (unpaired) electrons. The quantitative estimate of drug-likeness (QED) is 0.720. The number of nitrogens with zero attached hydrogens (tertiary/aromatic N) is 2.